The molecular formula is C25H20ClF3N2O3. The fourth-order valence-electron chi connectivity index (χ4n) is 4.63. The van der Waals surface area contributed by atoms with Gasteiger partial charge in [-0.25, -0.2) is 4.79 Å². The number of carbonyl (C=O) groups is 1. The Morgan fingerprint density at radius 2 is 1.65 bits per heavy atom. The van der Waals surface area contributed by atoms with E-state index in [0.717, 1.165) is 5.56 Å². The van der Waals surface area contributed by atoms with Crippen molar-refractivity contribution in [1.29, 1.82) is 0 Å². The number of hydrogen-bond acceptors (Lipinski definition) is 3. The lowest BCUT2D eigenvalue weighted by Crippen LogP contribution is -2.62. The Hall–Kier alpha value is -3.23. The first-order valence-corrected chi connectivity index (χ1v) is 10.9. The molecule has 2 saturated heterocycles. The largest absolute Gasteiger partial charge is 0.573 e. The van der Waals surface area contributed by atoms with Crippen LogP contribution < -0.4 is 14.5 Å². The predicted molar refractivity (Wildman–Crippen MR) is 122 cm³/mol. The third-order valence-electron chi connectivity index (χ3n) is 6.12. The molecule has 1 spiro atoms. The third-order valence-corrected chi connectivity index (χ3v) is 6.37. The molecule has 9 heteroatoms. The Labute approximate surface area is 199 Å². The first-order valence-electron chi connectivity index (χ1n) is 10.6. The molecule has 2 heterocycles. The molecule has 5 nitrogen and oxygen atoms in total. The molecule has 0 aromatic heterocycles. The standard InChI is InChI=1S/C25H20ClF3N2O3/c1-16-5-9-20(10-6-16)31-23(32)30(19-11-7-18(26)8-12-19)22(24(31)14-33-15-24)17-3-2-4-21(13-17)34-25(27,28)29/h2-13,22H,14-15H2,1H3/t22-/m0/s1. The highest BCUT2D eigenvalue weighted by Gasteiger charge is 2.63. The summed E-state index contributed by atoms with van der Waals surface area (Å²) in [7, 11) is 0. The highest BCUT2D eigenvalue weighted by molar-refractivity contribution is 6.30. The molecular weight excluding hydrogens is 469 g/mol. The number of halogens is 4. The Balaban J connectivity index is 1.66. The van der Waals surface area contributed by atoms with Crippen LogP contribution in [0.4, 0.5) is 29.3 Å². The van der Waals surface area contributed by atoms with Crippen LogP contribution in [-0.2, 0) is 4.74 Å². The van der Waals surface area contributed by atoms with Gasteiger partial charge in [-0.3, -0.25) is 9.80 Å². The van der Waals surface area contributed by atoms with E-state index in [1.165, 1.54) is 18.2 Å². The van der Waals surface area contributed by atoms with Gasteiger partial charge in [-0.1, -0.05) is 41.4 Å². The minimum absolute atomic E-state index is 0.228. The highest BCUT2D eigenvalue weighted by atomic mass is 35.5. The number of amides is 2. The lowest BCUT2D eigenvalue weighted by Gasteiger charge is -2.47. The van der Waals surface area contributed by atoms with E-state index >= 15 is 0 Å². The van der Waals surface area contributed by atoms with Crippen molar-refractivity contribution in [1.82, 2.24) is 0 Å². The lowest BCUT2D eigenvalue weighted by molar-refractivity contribution is -0.274. The van der Waals surface area contributed by atoms with Crippen LogP contribution in [0, 0.1) is 6.92 Å². The number of benzene rings is 3. The van der Waals surface area contributed by atoms with Crippen molar-refractivity contribution in [3.05, 3.63) is 88.9 Å². The zero-order valence-electron chi connectivity index (χ0n) is 18.1. The average molecular weight is 489 g/mol. The summed E-state index contributed by atoms with van der Waals surface area (Å²) in [4.78, 5) is 17.2. The quantitative estimate of drug-likeness (QED) is 0.421. The van der Waals surface area contributed by atoms with Crippen molar-refractivity contribution in [3.63, 3.8) is 0 Å². The summed E-state index contributed by atoms with van der Waals surface area (Å²) in [6.07, 6.45) is -4.83. The molecule has 2 aliphatic heterocycles. The molecule has 0 aliphatic carbocycles. The summed E-state index contributed by atoms with van der Waals surface area (Å²) in [6.45, 7) is 2.41. The van der Waals surface area contributed by atoms with Gasteiger partial charge in [-0.2, -0.15) is 0 Å². The molecule has 1 atom stereocenters. The van der Waals surface area contributed by atoms with Gasteiger partial charge in [0.1, 0.15) is 11.3 Å². The number of hydrogen-bond donors (Lipinski definition) is 0. The first-order chi connectivity index (χ1) is 16.2. The zero-order chi connectivity index (χ0) is 24.1. The van der Waals surface area contributed by atoms with Gasteiger partial charge in [0.25, 0.3) is 0 Å². The third kappa shape index (κ3) is 3.86. The number of rotatable bonds is 4. The van der Waals surface area contributed by atoms with E-state index in [0.29, 0.717) is 22.0 Å². The zero-order valence-corrected chi connectivity index (χ0v) is 18.8. The van der Waals surface area contributed by atoms with Gasteiger partial charge >= 0.3 is 12.4 Å². The maximum atomic E-state index is 13.9. The van der Waals surface area contributed by atoms with Crippen molar-refractivity contribution < 1.29 is 27.4 Å². The number of nitrogens with zero attached hydrogens (tertiary/aromatic N) is 2. The van der Waals surface area contributed by atoms with Crippen LogP contribution in [-0.4, -0.2) is 31.1 Å². The van der Waals surface area contributed by atoms with E-state index in [1.54, 1.807) is 40.1 Å². The predicted octanol–water partition coefficient (Wildman–Crippen LogP) is 6.50. The number of anilines is 2. The van der Waals surface area contributed by atoms with Gasteiger partial charge in [0.2, 0.25) is 0 Å². The van der Waals surface area contributed by atoms with Gasteiger partial charge in [0, 0.05) is 16.4 Å². The van der Waals surface area contributed by atoms with Crippen LogP contribution in [0.25, 0.3) is 0 Å². The van der Waals surface area contributed by atoms with Crippen molar-refractivity contribution >= 4 is 29.0 Å². The van der Waals surface area contributed by atoms with Crippen LogP contribution in [0.3, 0.4) is 0 Å². The van der Waals surface area contributed by atoms with Crippen molar-refractivity contribution in [3.8, 4) is 5.75 Å². The highest BCUT2D eigenvalue weighted by Crippen LogP contribution is 2.51. The average Bonchev–Trinajstić information content (AvgIpc) is 3.03. The Bertz CT molecular complexity index is 1210. The van der Waals surface area contributed by atoms with E-state index < -0.39 is 17.9 Å². The molecule has 2 fully saturated rings. The van der Waals surface area contributed by atoms with Gasteiger partial charge in [-0.15, -0.1) is 13.2 Å². The number of aryl methyl sites for hydroxylation is 1. The summed E-state index contributed by atoms with van der Waals surface area (Å²) in [6, 6.07) is 19.1. The number of urea groups is 1. The molecule has 2 aliphatic rings. The fourth-order valence-corrected chi connectivity index (χ4v) is 4.76. The molecule has 0 radical (unpaired) electrons. The van der Waals surface area contributed by atoms with E-state index in [1.807, 2.05) is 31.2 Å². The van der Waals surface area contributed by atoms with Crippen LogP contribution in [0.15, 0.2) is 72.8 Å². The summed E-state index contributed by atoms with van der Waals surface area (Å²) in [5, 5.41) is 0.504. The molecule has 0 bridgehead atoms. The molecule has 0 saturated carbocycles. The molecule has 5 rings (SSSR count). The second-order valence-corrected chi connectivity index (χ2v) is 8.86. The Morgan fingerprint density at radius 3 is 2.24 bits per heavy atom. The maximum Gasteiger partial charge on any atom is 0.573 e. The SMILES string of the molecule is Cc1ccc(N2C(=O)N(c3ccc(Cl)cc3)[C@@H](c3cccc(OC(F)(F)F)c3)C23COC3)cc1. The molecule has 2 amide bonds. The maximum absolute atomic E-state index is 13.9. The van der Waals surface area contributed by atoms with Gasteiger partial charge in [0.15, 0.2) is 0 Å². The fraction of sp³-hybridized carbons (Fsp3) is 0.240. The van der Waals surface area contributed by atoms with Gasteiger partial charge in [0.05, 0.1) is 19.3 Å². The normalized spacial score (nSPS) is 19.4. The molecule has 0 N–H and O–H groups in total. The smallest absolute Gasteiger partial charge is 0.406 e. The Morgan fingerprint density at radius 1 is 1.00 bits per heavy atom. The van der Waals surface area contributed by atoms with Gasteiger partial charge in [-0.05, 0) is 61.0 Å². The second kappa shape index (κ2) is 8.21. The monoisotopic (exact) mass is 488 g/mol. The molecule has 3 aromatic rings. The van der Waals surface area contributed by atoms with Crippen LogP contribution in [0.2, 0.25) is 5.02 Å². The minimum Gasteiger partial charge on any atom is -0.406 e. The molecule has 34 heavy (non-hydrogen) atoms. The number of ether oxygens (including phenoxy) is 2. The van der Waals surface area contributed by atoms with Gasteiger partial charge < -0.3 is 9.47 Å². The summed E-state index contributed by atoms with van der Waals surface area (Å²) >= 11 is 6.07. The van der Waals surface area contributed by atoms with Crippen LogP contribution >= 0.6 is 11.6 Å². The van der Waals surface area contributed by atoms with E-state index in [-0.39, 0.29) is 25.0 Å². The number of carbonyl (C=O) groups excluding carboxylic acids is 1. The molecule has 176 valence electrons. The Kier molecular flexibility index (Phi) is 5.45. The van der Waals surface area contributed by atoms with Crippen LogP contribution in [0.5, 0.6) is 5.75 Å². The number of alkyl halides is 3. The van der Waals surface area contributed by atoms with E-state index in [9.17, 15) is 18.0 Å². The topological polar surface area (TPSA) is 42.0 Å². The first kappa shape index (κ1) is 22.6. The van der Waals surface area contributed by atoms with E-state index in [2.05, 4.69) is 4.74 Å². The summed E-state index contributed by atoms with van der Waals surface area (Å²) in [5.41, 5.74) is 1.98. The van der Waals surface area contributed by atoms with Crippen molar-refractivity contribution in [2.75, 3.05) is 23.0 Å². The van der Waals surface area contributed by atoms with Crippen molar-refractivity contribution in [2.45, 2.75) is 24.9 Å². The second-order valence-electron chi connectivity index (χ2n) is 8.42. The van der Waals surface area contributed by atoms with E-state index in [4.69, 9.17) is 16.3 Å². The summed E-state index contributed by atoms with van der Waals surface area (Å²) < 4.78 is 48.5. The van der Waals surface area contributed by atoms with Crippen molar-refractivity contribution in [2.24, 2.45) is 0 Å². The summed E-state index contributed by atoms with van der Waals surface area (Å²) in [5.74, 6) is -0.349. The minimum atomic E-state index is -4.83. The lowest BCUT2D eigenvalue weighted by atomic mass is 9.82. The molecule has 3 aromatic carbocycles. The molecule has 0 unspecified atom stereocenters. The van der Waals surface area contributed by atoms with Crippen LogP contribution in [0.1, 0.15) is 17.2 Å².